The number of benzene rings is 2. The van der Waals surface area contributed by atoms with Gasteiger partial charge in [-0.1, -0.05) is 48.5 Å². The summed E-state index contributed by atoms with van der Waals surface area (Å²) in [6.45, 7) is 1.87. The van der Waals surface area contributed by atoms with Crippen molar-refractivity contribution in [2.45, 2.75) is 25.8 Å². The van der Waals surface area contributed by atoms with Gasteiger partial charge in [-0.3, -0.25) is 9.59 Å². The first-order valence-electron chi connectivity index (χ1n) is 8.33. The highest BCUT2D eigenvalue weighted by Gasteiger charge is 2.33. The van der Waals surface area contributed by atoms with Gasteiger partial charge in [-0.15, -0.1) is 0 Å². The highest BCUT2D eigenvalue weighted by atomic mass is 16.2. The summed E-state index contributed by atoms with van der Waals surface area (Å²) in [5.41, 5.74) is 2.63. The van der Waals surface area contributed by atoms with Gasteiger partial charge in [0.15, 0.2) is 0 Å². The fourth-order valence-corrected chi connectivity index (χ4v) is 2.87. The van der Waals surface area contributed by atoms with Crippen molar-refractivity contribution < 1.29 is 9.59 Å². The Morgan fingerprint density at radius 2 is 1.71 bits per heavy atom. The van der Waals surface area contributed by atoms with Crippen LogP contribution >= 0.6 is 0 Å². The van der Waals surface area contributed by atoms with E-state index < -0.39 is 0 Å². The molecule has 124 valence electrons. The van der Waals surface area contributed by atoms with Crippen LogP contribution in [0.4, 0.5) is 0 Å². The Morgan fingerprint density at radius 1 is 1.04 bits per heavy atom. The molecule has 0 radical (unpaired) electrons. The summed E-state index contributed by atoms with van der Waals surface area (Å²) in [7, 11) is 0. The minimum atomic E-state index is -0.217. The monoisotopic (exact) mass is 322 g/mol. The maximum absolute atomic E-state index is 12.3. The van der Waals surface area contributed by atoms with E-state index >= 15 is 0 Å². The van der Waals surface area contributed by atoms with Gasteiger partial charge in [-0.25, -0.2) is 0 Å². The number of rotatable bonds is 6. The van der Waals surface area contributed by atoms with Gasteiger partial charge in [0.05, 0.1) is 12.6 Å². The Kier molecular flexibility index (Phi) is 4.94. The van der Waals surface area contributed by atoms with Gasteiger partial charge >= 0.3 is 0 Å². The molecule has 1 saturated carbocycles. The molecule has 0 bridgehead atoms. The molecule has 1 unspecified atom stereocenters. The molecule has 0 spiro atoms. The molecule has 0 aromatic heterocycles. The second kappa shape index (κ2) is 7.30. The van der Waals surface area contributed by atoms with Crippen LogP contribution in [0.15, 0.2) is 54.6 Å². The van der Waals surface area contributed by atoms with E-state index in [1.165, 1.54) is 0 Å². The number of amides is 2. The van der Waals surface area contributed by atoms with Crippen LogP contribution in [0.3, 0.4) is 0 Å². The van der Waals surface area contributed by atoms with Gasteiger partial charge in [0.25, 0.3) is 5.91 Å². The summed E-state index contributed by atoms with van der Waals surface area (Å²) in [5, 5.41) is 5.77. The molecular weight excluding hydrogens is 300 g/mol. The van der Waals surface area contributed by atoms with Crippen LogP contribution in [0.1, 0.15) is 40.4 Å². The highest BCUT2D eigenvalue weighted by Crippen LogP contribution is 2.40. The Labute approximate surface area is 142 Å². The lowest BCUT2D eigenvalue weighted by Crippen LogP contribution is -2.39. The number of carbonyl (C=O) groups is 2. The van der Waals surface area contributed by atoms with Crippen LogP contribution < -0.4 is 10.6 Å². The molecule has 24 heavy (non-hydrogen) atoms. The van der Waals surface area contributed by atoms with Crippen LogP contribution in [-0.2, 0) is 4.79 Å². The summed E-state index contributed by atoms with van der Waals surface area (Å²) < 4.78 is 0. The van der Waals surface area contributed by atoms with Gasteiger partial charge in [0, 0.05) is 5.56 Å². The molecule has 3 rings (SSSR count). The van der Waals surface area contributed by atoms with Crippen molar-refractivity contribution in [1.82, 2.24) is 10.6 Å². The number of hydrogen-bond donors (Lipinski definition) is 2. The van der Waals surface area contributed by atoms with E-state index in [0.29, 0.717) is 11.5 Å². The van der Waals surface area contributed by atoms with Crippen molar-refractivity contribution in [3.05, 3.63) is 71.3 Å². The minimum Gasteiger partial charge on any atom is -0.347 e. The molecule has 2 aromatic rings. The predicted octanol–water partition coefficient (Wildman–Crippen LogP) is 2.99. The van der Waals surface area contributed by atoms with Gasteiger partial charge in [0.2, 0.25) is 5.91 Å². The van der Waals surface area contributed by atoms with E-state index in [-0.39, 0.29) is 24.4 Å². The molecule has 2 N–H and O–H groups in total. The first-order chi connectivity index (χ1) is 11.6. The van der Waals surface area contributed by atoms with Crippen LogP contribution in [0.2, 0.25) is 0 Å². The molecule has 0 aliphatic heterocycles. The van der Waals surface area contributed by atoms with Crippen LogP contribution in [-0.4, -0.2) is 18.4 Å². The largest absolute Gasteiger partial charge is 0.347 e. The molecular formula is C20H22N2O2. The fourth-order valence-electron chi connectivity index (χ4n) is 2.87. The average molecular weight is 322 g/mol. The molecule has 2 aromatic carbocycles. The zero-order valence-electron chi connectivity index (χ0n) is 13.8. The van der Waals surface area contributed by atoms with Crippen molar-refractivity contribution in [2.24, 2.45) is 5.92 Å². The third kappa shape index (κ3) is 4.02. The summed E-state index contributed by atoms with van der Waals surface area (Å²) in [4.78, 5) is 24.4. The molecule has 0 heterocycles. The highest BCUT2D eigenvalue weighted by molar-refractivity contribution is 5.97. The standard InChI is InChI=1S/C20H22N2O2/c1-14-7-5-6-10-17(14)20(24)21-13-18(23)22-19(16-11-12-16)15-8-3-2-4-9-15/h2-10,16,19H,11-13H2,1H3,(H,21,24)(H,22,23). The van der Waals surface area contributed by atoms with Gasteiger partial charge in [0.1, 0.15) is 0 Å². The van der Waals surface area contributed by atoms with Gasteiger partial charge < -0.3 is 10.6 Å². The Morgan fingerprint density at radius 3 is 2.38 bits per heavy atom. The van der Waals surface area contributed by atoms with Crippen LogP contribution in [0.25, 0.3) is 0 Å². The molecule has 1 atom stereocenters. The average Bonchev–Trinajstić information content (AvgIpc) is 3.43. The van der Waals surface area contributed by atoms with E-state index in [0.717, 1.165) is 24.0 Å². The van der Waals surface area contributed by atoms with E-state index in [4.69, 9.17) is 0 Å². The normalized spacial score (nSPS) is 14.7. The molecule has 0 saturated heterocycles. The lowest BCUT2D eigenvalue weighted by Gasteiger charge is -2.19. The first kappa shape index (κ1) is 16.2. The van der Waals surface area contributed by atoms with Gasteiger partial charge in [-0.2, -0.15) is 0 Å². The summed E-state index contributed by atoms with van der Waals surface area (Å²) in [5.74, 6) is 0.132. The third-order valence-electron chi connectivity index (χ3n) is 4.37. The second-order valence-electron chi connectivity index (χ2n) is 6.29. The lowest BCUT2D eigenvalue weighted by atomic mass is 10.0. The van der Waals surface area contributed by atoms with Crippen LogP contribution in [0.5, 0.6) is 0 Å². The molecule has 2 amide bonds. The zero-order chi connectivity index (χ0) is 16.9. The topological polar surface area (TPSA) is 58.2 Å². The molecule has 4 nitrogen and oxygen atoms in total. The van der Waals surface area contributed by atoms with E-state index in [1.54, 1.807) is 6.07 Å². The van der Waals surface area contributed by atoms with Crippen molar-refractivity contribution in [3.8, 4) is 0 Å². The lowest BCUT2D eigenvalue weighted by molar-refractivity contribution is -0.121. The maximum atomic E-state index is 12.3. The smallest absolute Gasteiger partial charge is 0.251 e. The molecule has 1 aliphatic carbocycles. The van der Waals surface area contributed by atoms with Crippen molar-refractivity contribution in [2.75, 3.05) is 6.54 Å². The van der Waals surface area contributed by atoms with E-state index in [2.05, 4.69) is 10.6 Å². The summed E-state index contributed by atoms with van der Waals surface area (Å²) in [6.07, 6.45) is 2.27. The fraction of sp³-hybridized carbons (Fsp3) is 0.300. The number of aryl methyl sites for hydroxylation is 1. The first-order valence-corrected chi connectivity index (χ1v) is 8.33. The van der Waals surface area contributed by atoms with E-state index in [1.807, 2.05) is 55.5 Å². The predicted molar refractivity (Wildman–Crippen MR) is 93.6 cm³/mol. The van der Waals surface area contributed by atoms with E-state index in [9.17, 15) is 9.59 Å². The second-order valence-corrected chi connectivity index (χ2v) is 6.29. The minimum absolute atomic E-state index is 0.0107. The van der Waals surface area contributed by atoms with Gasteiger partial charge in [-0.05, 0) is 42.9 Å². The zero-order valence-corrected chi connectivity index (χ0v) is 13.8. The number of nitrogens with one attached hydrogen (secondary N) is 2. The molecule has 1 aliphatic rings. The van der Waals surface area contributed by atoms with Crippen molar-refractivity contribution in [3.63, 3.8) is 0 Å². The maximum Gasteiger partial charge on any atom is 0.251 e. The Bertz CT molecular complexity index is 723. The number of hydrogen-bond acceptors (Lipinski definition) is 2. The molecule has 1 fully saturated rings. The summed E-state index contributed by atoms with van der Waals surface area (Å²) >= 11 is 0. The SMILES string of the molecule is Cc1ccccc1C(=O)NCC(=O)NC(c1ccccc1)C1CC1. The third-order valence-corrected chi connectivity index (χ3v) is 4.37. The number of carbonyl (C=O) groups excluding carboxylic acids is 2. The quantitative estimate of drug-likeness (QED) is 0.859. The molecule has 4 heteroatoms. The Balaban J connectivity index is 1.57. The summed E-state index contributed by atoms with van der Waals surface area (Å²) in [6, 6.07) is 17.4. The van der Waals surface area contributed by atoms with Crippen molar-refractivity contribution in [1.29, 1.82) is 0 Å². The van der Waals surface area contributed by atoms with Crippen molar-refractivity contribution >= 4 is 11.8 Å². The van der Waals surface area contributed by atoms with Crippen LogP contribution in [0, 0.1) is 12.8 Å². The Hall–Kier alpha value is -2.62.